The van der Waals surface area contributed by atoms with E-state index in [1.54, 1.807) is 19.6 Å². The van der Waals surface area contributed by atoms with E-state index in [0.29, 0.717) is 64.3 Å². The number of carbonyl (C=O) groups excluding carboxylic acids is 1. The predicted octanol–water partition coefficient (Wildman–Crippen LogP) is 1.88. The van der Waals surface area contributed by atoms with Gasteiger partial charge in [-0.1, -0.05) is 59.1 Å². The van der Waals surface area contributed by atoms with Gasteiger partial charge in [-0.2, -0.15) is 0 Å². The molecule has 1 aromatic rings. The van der Waals surface area contributed by atoms with Gasteiger partial charge in [0.05, 0.1) is 43.3 Å². The van der Waals surface area contributed by atoms with Gasteiger partial charge >= 0.3 is 5.97 Å². The van der Waals surface area contributed by atoms with Crippen molar-refractivity contribution in [2.45, 2.75) is 179 Å². The van der Waals surface area contributed by atoms with E-state index in [4.69, 9.17) is 15.2 Å². The highest BCUT2D eigenvalue weighted by Crippen LogP contribution is 2.77. The molecule has 6 aliphatic carbocycles. The SMILES string of the molecule is CNCC(CC(c1cnc[nH]1)C1NC(=O)C2(CCCC2)C1CC1C(O)C(OC2OCC(O)C(O)C2O)C(C)(CO)C2CCC3(C)C(CC=C4C5CC(C)(CO)CC(O)C5(C(=O)O)CCC43C)C12C)C(N)O. The van der Waals surface area contributed by atoms with Crippen LogP contribution < -0.4 is 16.4 Å². The van der Waals surface area contributed by atoms with Crippen molar-refractivity contribution in [1.82, 2.24) is 20.6 Å². The standard InChI is InChI=1S/C53H85N5O13/c1-47(24-59)19-32-29-9-10-36-50(4,49(29,3)15-16-53(32,46(68)69)37(62)20-47)14-11-35-48(2,25-60)42(71-44-41(65)40(64)34(61)23-70-44)39(63)31(51(35,36)5)18-30-38(58-45(67)52(30)12-7-8-13-52)28(33-22-56-26-57-33)17-27(21-55-6)43(54)66/h9,22,26-28,30-32,34-44,55,59-66H,7-8,10-21,23-25,54H2,1-6H3,(H,56,57)(H,58,67)(H,68,69). The summed E-state index contributed by atoms with van der Waals surface area (Å²) in [6.45, 7) is 10.2. The molecule has 7 fully saturated rings. The Kier molecular flexibility index (Phi) is 14.2. The highest BCUT2D eigenvalue weighted by molar-refractivity contribution is 5.86. The largest absolute Gasteiger partial charge is 0.481 e. The van der Waals surface area contributed by atoms with Crippen molar-refractivity contribution in [3.05, 3.63) is 29.9 Å². The smallest absolute Gasteiger partial charge is 0.312 e. The first kappa shape index (κ1) is 53.2. The third-order valence-electron chi connectivity index (χ3n) is 22.3. The number of imidazole rings is 1. The molecule has 71 heavy (non-hydrogen) atoms. The summed E-state index contributed by atoms with van der Waals surface area (Å²) in [5, 5.41) is 109. The van der Waals surface area contributed by atoms with E-state index in [1.807, 2.05) is 13.8 Å². The average molecular weight is 1000 g/mol. The summed E-state index contributed by atoms with van der Waals surface area (Å²) in [6.07, 6.45) is 1.67. The number of carboxylic acids is 1. The summed E-state index contributed by atoms with van der Waals surface area (Å²) in [7, 11) is 1.80. The molecule has 5 saturated carbocycles. The van der Waals surface area contributed by atoms with E-state index < -0.39 is 123 Å². The number of nitrogens with two attached hydrogens (primary N) is 1. The second kappa shape index (κ2) is 18.9. The van der Waals surface area contributed by atoms with Crippen LogP contribution in [0, 0.1) is 73.4 Å². The monoisotopic (exact) mass is 1000 g/mol. The number of nitrogens with zero attached hydrogens (tertiary/aromatic N) is 1. The van der Waals surface area contributed by atoms with Crippen LogP contribution in [0.5, 0.6) is 0 Å². The topological polar surface area (TPSA) is 313 Å². The number of carbonyl (C=O) groups is 2. The highest BCUT2D eigenvalue weighted by Gasteiger charge is 2.75. The second-order valence-corrected chi connectivity index (χ2v) is 25.4. The third-order valence-corrected chi connectivity index (χ3v) is 22.3. The summed E-state index contributed by atoms with van der Waals surface area (Å²) in [6, 6.07) is -0.481. The number of aromatic amines is 1. The second-order valence-electron chi connectivity index (χ2n) is 25.4. The normalized spacial score (nSPS) is 48.4. The summed E-state index contributed by atoms with van der Waals surface area (Å²) in [5.74, 6) is -3.79. The molecule has 400 valence electrons. The van der Waals surface area contributed by atoms with Crippen molar-refractivity contribution in [2.24, 2.45) is 79.1 Å². The molecule has 14 N–H and O–H groups in total. The number of nitrogens with one attached hydrogen (secondary N) is 3. The summed E-state index contributed by atoms with van der Waals surface area (Å²) >= 11 is 0. The van der Waals surface area contributed by atoms with Gasteiger partial charge < -0.3 is 76.8 Å². The van der Waals surface area contributed by atoms with Crippen LogP contribution >= 0.6 is 0 Å². The van der Waals surface area contributed by atoms with Crippen LogP contribution in [0.3, 0.4) is 0 Å². The maximum Gasteiger partial charge on any atom is 0.312 e. The minimum absolute atomic E-state index is 0.0424. The number of hydrogen-bond acceptors (Lipinski definition) is 15. The van der Waals surface area contributed by atoms with E-state index in [1.165, 1.54) is 0 Å². The van der Waals surface area contributed by atoms with Crippen LogP contribution in [0.15, 0.2) is 24.2 Å². The average Bonchev–Trinajstić information content (AvgIpc) is 4.10. The Morgan fingerprint density at radius 1 is 0.958 bits per heavy atom. The van der Waals surface area contributed by atoms with Gasteiger partial charge in [0.15, 0.2) is 6.29 Å². The van der Waals surface area contributed by atoms with Gasteiger partial charge in [0, 0.05) is 48.3 Å². The van der Waals surface area contributed by atoms with E-state index in [0.717, 1.165) is 24.1 Å². The quantitative estimate of drug-likeness (QED) is 0.0719. The molecule has 8 aliphatic rings. The number of aromatic nitrogens is 2. The van der Waals surface area contributed by atoms with Crippen LogP contribution in [-0.2, 0) is 19.1 Å². The molecule has 22 unspecified atom stereocenters. The number of aliphatic carboxylic acids is 1. The van der Waals surface area contributed by atoms with Crippen LogP contribution in [-0.4, -0.2) is 156 Å². The number of carboxylic acid groups (broad SMARTS) is 1. The zero-order chi connectivity index (χ0) is 51.4. The Morgan fingerprint density at radius 2 is 1.68 bits per heavy atom. The van der Waals surface area contributed by atoms with E-state index in [9.17, 15) is 55.5 Å². The van der Waals surface area contributed by atoms with Crippen molar-refractivity contribution in [3.8, 4) is 0 Å². The molecule has 22 atom stereocenters. The van der Waals surface area contributed by atoms with E-state index in [-0.39, 0.29) is 55.6 Å². The number of amides is 1. The lowest BCUT2D eigenvalue weighted by Crippen LogP contribution is -2.73. The van der Waals surface area contributed by atoms with Crippen molar-refractivity contribution in [3.63, 3.8) is 0 Å². The number of aliphatic hydroxyl groups is 8. The first-order chi connectivity index (χ1) is 33.5. The Bertz CT molecular complexity index is 2140. The molecule has 3 heterocycles. The lowest BCUT2D eigenvalue weighted by molar-refractivity contribution is -0.340. The number of ether oxygens (including phenoxy) is 2. The number of allylic oxidation sites excluding steroid dienone is 2. The fourth-order valence-electron chi connectivity index (χ4n) is 18.1. The van der Waals surface area contributed by atoms with Crippen molar-refractivity contribution < 1.29 is 65.0 Å². The highest BCUT2D eigenvalue weighted by atomic mass is 16.7. The number of hydrogen-bond donors (Lipinski definition) is 13. The fraction of sp³-hybridized carbons (Fsp3) is 0.868. The van der Waals surface area contributed by atoms with Gasteiger partial charge in [-0.05, 0) is 129 Å². The zero-order valence-electron chi connectivity index (χ0n) is 42.7. The minimum Gasteiger partial charge on any atom is -0.481 e. The first-order valence-electron chi connectivity index (χ1n) is 26.7. The molecule has 0 radical (unpaired) electrons. The van der Waals surface area contributed by atoms with Gasteiger partial charge in [-0.3, -0.25) is 9.59 Å². The number of fused-ring (bicyclic) bond motifs is 7. The van der Waals surface area contributed by atoms with Crippen LogP contribution in [0.4, 0.5) is 0 Å². The van der Waals surface area contributed by atoms with Crippen molar-refractivity contribution in [1.29, 1.82) is 0 Å². The van der Waals surface area contributed by atoms with Gasteiger partial charge in [-0.15, -0.1) is 0 Å². The summed E-state index contributed by atoms with van der Waals surface area (Å²) < 4.78 is 12.6. The minimum atomic E-state index is -1.66. The maximum absolute atomic E-state index is 14.9. The van der Waals surface area contributed by atoms with Crippen LogP contribution in [0.25, 0.3) is 0 Å². The molecule has 1 spiro atoms. The fourth-order valence-corrected chi connectivity index (χ4v) is 18.1. The predicted molar refractivity (Wildman–Crippen MR) is 258 cm³/mol. The molecule has 18 heteroatoms. The Balaban J connectivity index is 1.20. The summed E-state index contributed by atoms with van der Waals surface area (Å²) in [4.78, 5) is 36.2. The molecule has 2 saturated heterocycles. The molecular formula is C53H85N5O13. The van der Waals surface area contributed by atoms with Gasteiger partial charge in [-0.25, -0.2) is 4.98 Å². The lowest BCUT2D eigenvalue weighted by Gasteiger charge is -2.73. The Hall–Kier alpha value is -2.59. The van der Waals surface area contributed by atoms with Crippen molar-refractivity contribution in [2.75, 3.05) is 33.4 Å². The summed E-state index contributed by atoms with van der Waals surface area (Å²) in [5.41, 5.74) is 2.17. The number of rotatable bonds is 14. The van der Waals surface area contributed by atoms with Gasteiger partial charge in [0.1, 0.15) is 30.0 Å². The van der Waals surface area contributed by atoms with E-state index in [2.05, 4.69) is 47.4 Å². The molecular weight excluding hydrogens is 915 g/mol. The first-order valence-corrected chi connectivity index (χ1v) is 26.7. The Labute approximate surface area is 418 Å². The van der Waals surface area contributed by atoms with Gasteiger partial charge in [0.2, 0.25) is 5.91 Å². The van der Waals surface area contributed by atoms with Crippen LogP contribution in [0.1, 0.15) is 130 Å². The lowest BCUT2D eigenvalue weighted by atomic mass is 9.31. The molecule has 0 bridgehead atoms. The molecule has 0 aromatic carbocycles. The zero-order valence-corrected chi connectivity index (χ0v) is 42.7. The molecule has 1 aromatic heterocycles. The van der Waals surface area contributed by atoms with E-state index >= 15 is 0 Å². The molecule has 1 amide bonds. The van der Waals surface area contributed by atoms with Gasteiger partial charge in [0.25, 0.3) is 0 Å². The Morgan fingerprint density at radius 3 is 2.30 bits per heavy atom. The molecule has 9 rings (SSSR count). The van der Waals surface area contributed by atoms with Crippen LogP contribution in [0.2, 0.25) is 0 Å². The molecule has 2 aliphatic heterocycles. The van der Waals surface area contributed by atoms with Crippen molar-refractivity contribution >= 4 is 11.9 Å². The third kappa shape index (κ3) is 7.79. The number of aliphatic hydroxyl groups excluding tert-OH is 8. The maximum atomic E-state index is 14.9. The molecule has 18 nitrogen and oxygen atoms in total. The number of H-pyrrole nitrogens is 1.